The van der Waals surface area contributed by atoms with Crippen molar-refractivity contribution in [2.45, 2.75) is 36.6 Å². The summed E-state index contributed by atoms with van der Waals surface area (Å²) in [4.78, 5) is 30.1. The van der Waals surface area contributed by atoms with Crippen molar-refractivity contribution in [3.63, 3.8) is 0 Å². The molecule has 11 heteroatoms. The Labute approximate surface area is 256 Å². The molecule has 2 amide bonds. The normalized spacial score (nSPS) is 19.9. The van der Waals surface area contributed by atoms with Crippen LogP contribution in [0, 0.1) is 0 Å². The number of hydrogen-bond donors (Lipinski definition) is 2. The highest BCUT2D eigenvalue weighted by molar-refractivity contribution is 5.97. The zero-order chi connectivity index (χ0) is 30.6. The summed E-state index contributed by atoms with van der Waals surface area (Å²) in [5, 5.41) is 23.9. The Kier molecular flexibility index (Phi) is 8.30. The van der Waals surface area contributed by atoms with Crippen LogP contribution in [0.25, 0.3) is 5.69 Å². The van der Waals surface area contributed by atoms with Crippen molar-refractivity contribution in [2.75, 3.05) is 39.8 Å². The number of amides is 2. The molecule has 1 aromatic heterocycles. The second-order valence-electron chi connectivity index (χ2n) is 11.7. The molecule has 0 aliphatic carbocycles. The number of ether oxygens (including phenoxy) is 1. The van der Waals surface area contributed by atoms with Crippen molar-refractivity contribution >= 4 is 12.0 Å². The molecule has 1 atom stereocenters. The van der Waals surface area contributed by atoms with Gasteiger partial charge in [-0.25, -0.2) is 9.48 Å². The third-order valence-corrected chi connectivity index (χ3v) is 9.34. The number of nitrogens with one attached hydrogen (secondary N) is 1. The zero-order valence-corrected chi connectivity index (χ0v) is 24.8. The SMILES string of the molecule is COc1ccc(-n2cnnn2)cc1C(=O)N1CCC(CCN2CCC(NC(=O)O)(c3ccccc3)CC2)(c2ccccc2)C1. The number of tetrazole rings is 1. The smallest absolute Gasteiger partial charge is 0.405 e. The molecule has 2 N–H and O–H groups in total. The van der Waals surface area contributed by atoms with Crippen molar-refractivity contribution in [1.82, 2.24) is 35.3 Å². The highest BCUT2D eigenvalue weighted by Gasteiger charge is 2.43. The Hall–Kier alpha value is -4.77. The molecule has 2 aliphatic rings. The quantitative estimate of drug-likeness (QED) is 0.296. The number of benzene rings is 3. The molecule has 11 nitrogen and oxygen atoms in total. The van der Waals surface area contributed by atoms with Crippen LogP contribution in [0.5, 0.6) is 5.75 Å². The molecule has 228 valence electrons. The fourth-order valence-electron chi connectivity index (χ4n) is 6.86. The molecule has 3 heterocycles. The molecule has 44 heavy (non-hydrogen) atoms. The minimum atomic E-state index is -0.999. The van der Waals surface area contributed by atoms with Gasteiger partial charge in [0.25, 0.3) is 5.91 Å². The first-order chi connectivity index (χ1) is 21.4. The van der Waals surface area contributed by atoms with Crippen molar-refractivity contribution in [3.05, 3.63) is 102 Å². The van der Waals surface area contributed by atoms with Gasteiger partial charge in [-0.3, -0.25) is 4.79 Å². The molecule has 0 saturated carbocycles. The standard InChI is InChI=1S/C33H37N7O4/c1-44-29-13-12-27(40-24-34-36-37-40)22-28(29)30(41)39-21-15-32(23-39,25-8-4-2-5-9-25)14-18-38-19-16-33(17-20-38,35-31(42)43)26-10-6-3-7-11-26/h2-13,22,24,35H,14-21,23H2,1H3,(H,42,43). The van der Waals surface area contributed by atoms with Crippen LogP contribution in [0.3, 0.4) is 0 Å². The maximum absolute atomic E-state index is 14.0. The van der Waals surface area contributed by atoms with Gasteiger partial charge in [0.15, 0.2) is 0 Å². The highest BCUT2D eigenvalue weighted by Crippen LogP contribution is 2.40. The Morgan fingerprint density at radius 3 is 2.27 bits per heavy atom. The number of aromatic nitrogens is 4. The number of likely N-dealkylation sites (tertiary alicyclic amines) is 2. The van der Waals surface area contributed by atoms with Gasteiger partial charge in [-0.05, 0) is 72.0 Å². The number of nitrogens with zero attached hydrogens (tertiary/aromatic N) is 6. The average Bonchev–Trinajstić information content (AvgIpc) is 3.76. The van der Waals surface area contributed by atoms with Crippen LogP contribution < -0.4 is 10.1 Å². The molecule has 4 aromatic rings. The molecule has 2 saturated heterocycles. The van der Waals surface area contributed by atoms with E-state index in [1.54, 1.807) is 19.2 Å². The van der Waals surface area contributed by atoms with Gasteiger partial charge in [-0.15, -0.1) is 5.10 Å². The number of rotatable bonds is 9. The van der Waals surface area contributed by atoms with Crippen LogP contribution in [-0.2, 0) is 11.0 Å². The van der Waals surface area contributed by atoms with Gasteiger partial charge in [0, 0.05) is 31.6 Å². The summed E-state index contributed by atoms with van der Waals surface area (Å²) in [6.45, 7) is 3.64. The number of carbonyl (C=O) groups excluding carboxylic acids is 1. The molecule has 0 radical (unpaired) electrons. The maximum atomic E-state index is 14.0. The monoisotopic (exact) mass is 595 g/mol. The van der Waals surface area contributed by atoms with Gasteiger partial charge >= 0.3 is 6.09 Å². The topological polar surface area (TPSA) is 126 Å². The third kappa shape index (κ3) is 5.87. The van der Waals surface area contributed by atoms with Gasteiger partial charge in [0.2, 0.25) is 0 Å². The summed E-state index contributed by atoms with van der Waals surface area (Å²) >= 11 is 0. The first-order valence-corrected chi connectivity index (χ1v) is 15.0. The second kappa shape index (κ2) is 12.5. The summed E-state index contributed by atoms with van der Waals surface area (Å²) in [6, 6.07) is 25.7. The van der Waals surface area contributed by atoms with E-state index in [0.717, 1.165) is 38.0 Å². The van der Waals surface area contributed by atoms with Gasteiger partial charge < -0.3 is 25.0 Å². The number of piperidine rings is 1. The third-order valence-electron chi connectivity index (χ3n) is 9.34. The second-order valence-corrected chi connectivity index (χ2v) is 11.7. The minimum Gasteiger partial charge on any atom is -0.496 e. The Morgan fingerprint density at radius 1 is 0.932 bits per heavy atom. The van der Waals surface area contributed by atoms with Crippen LogP contribution >= 0.6 is 0 Å². The lowest BCUT2D eigenvalue weighted by molar-refractivity contribution is 0.0773. The van der Waals surface area contributed by atoms with Gasteiger partial charge in [0.1, 0.15) is 12.1 Å². The van der Waals surface area contributed by atoms with E-state index in [9.17, 15) is 14.7 Å². The summed E-state index contributed by atoms with van der Waals surface area (Å²) in [7, 11) is 1.57. The molecule has 3 aromatic carbocycles. The van der Waals surface area contributed by atoms with Gasteiger partial charge in [0.05, 0.1) is 23.9 Å². The van der Waals surface area contributed by atoms with E-state index in [4.69, 9.17) is 4.74 Å². The molecular formula is C33H37N7O4. The van der Waals surface area contributed by atoms with Crippen LogP contribution in [-0.4, -0.2) is 86.9 Å². The Bertz CT molecular complexity index is 1570. The lowest BCUT2D eigenvalue weighted by Crippen LogP contribution is -2.53. The fraction of sp³-hybridized carbons (Fsp3) is 0.364. The predicted octanol–water partition coefficient (Wildman–Crippen LogP) is 4.10. The fourth-order valence-corrected chi connectivity index (χ4v) is 6.86. The van der Waals surface area contributed by atoms with Gasteiger partial charge in [-0.1, -0.05) is 60.7 Å². The van der Waals surface area contributed by atoms with E-state index in [1.165, 1.54) is 16.6 Å². The Balaban J connectivity index is 1.19. The number of methoxy groups -OCH3 is 1. The van der Waals surface area contributed by atoms with Crippen LogP contribution in [0.15, 0.2) is 85.2 Å². The molecular weight excluding hydrogens is 558 g/mol. The molecule has 2 fully saturated rings. The lowest BCUT2D eigenvalue weighted by Gasteiger charge is -2.43. The minimum absolute atomic E-state index is 0.0834. The number of hydrogen-bond acceptors (Lipinski definition) is 7. The van der Waals surface area contributed by atoms with Crippen molar-refractivity contribution < 1.29 is 19.4 Å². The first kappa shape index (κ1) is 29.3. The summed E-state index contributed by atoms with van der Waals surface area (Å²) in [6.07, 6.45) is 3.62. The summed E-state index contributed by atoms with van der Waals surface area (Å²) in [5.41, 5.74) is 2.60. The van der Waals surface area contributed by atoms with Crippen LogP contribution in [0.2, 0.25) is 0 Å². The largest absolute Gasteiger partial charge is 0.496 e. The van der Waals surface area contributed by atoms with Crippen molar-refractivity contribution in [3.8, 4) is 11.4 Å². The molecule has 1 unspecified atom stereocenters. The summed E-state index contributed by atoms with van der Waals surface area (Å²) < 4.78 is 7.10. The number of carboxylic acid groups (broad SMARTS) is 1. The van der Waals surface area contributed by atoms with Crippen LogP contribution in [0.1, 0.15) is 47.2 Å². The van der Waals surface area contributed by atoms with E-state index in [2.05, 4.69) is 50.0 Å². The van der Waals surface area contributed by atoms with E-state index in [0.29, 0.717) is 42.9 Å². The summed E-state index contributed by atoms with van der Waals surface area (Å²) in [5.74, 6) is 0.425. The van der Waals surface area contributed by atoms with Crippen molar-refractivity contribution in [2.24, 2.45) is 0 Å². The molecule has 2 aliphatic heterocycles. The predicted molar refractivity (Wildman–Crippen MR) is 164 cm³/mol. The zero-order valence-electron chi connectivity index (χ0n) is 24.8. The maximum Gasteiger partial charge on any atom is 0.405 e. The lowest BCUT2D eigenvalue weighted by atomic mass is 9.76. The van der Waals surface area contributed by atoms with E-state index in [1.807, 2.05) is 47.4 Å². The highest BCUT2D eigenvalue weighted by atomic mass is 16.5. The first-order valence-electron chi connectivity index (χ1n) is 15.0. The Morgan fingerprint density at radius 2 is 1.64 bits per heavy atom. The van der Waals surface area contributed by atoms with Crippen LogP contribution in [0.4, 0.5) is 4.79 Å². The van der Waals surface area contributed by atoms with E-state index >= 15 is 0 Å². The molecule has 0 bridgehead atoms. The van der Waals surface area contributed by atoms with E-state index in [-0.39, 0.29) is 11.3 Å². The average molecular weight is 596 g/mol. The molecule has 0 spiro atoms. The molecule has 6 rings (SSSR count). The van der Waals surface area contributed by atoms with Gasteiger partial charge in [-0.2, -0.15) is 0 Å². The van der Waals surface area contributed by atoms with E-state index < -0.39 is 11.6 Å². The van der Waals surface area contributed by atoms with Crippen molar-refractivity contribution in [1.29, 1.82) is 0 Å². The number of carbonyl (C=O) groups is 2.